The summed E-state index contributed by atoms with van der Waals surface area (Å²) in [6.45, 7) is 20.7. The standard InChI is InChI=1S/C9H12O2.C4H8.C4H10.3C2H6/c1-3-7-4-5-8(10)6-9(7)11-2;1-4-2-3-4;1-3-4-2;3*1-2/h4-6,10H,3H2,1-2H3;4H,2-3H2,1H3;3-4H2,1-2H3;3*1-2H3. The highest BCUT2D eigenvalue weighted by Crippen LogP contribution is 2.26. The van der Waals surface area contributed by atoms with Gasteiger partial charge in [-0.05, 0) is 24.0 Å². The van der Waals surface area contributed by atoms with E-state index in [1.54, 1.807) is 19.2 Å². The minimum atomic E-state index is 0.249. The minimum absolute atomic E-state index is 0.249. The molecule has 0 heterocycles. The number of hydrogen-bond acceptors (Lipinski definition) is 2. The van der Waals surface area contributed by atoms with Gasteiger partial charge >= 0.3 is 0 Å². The number of ether oxygens (including phenoxy) is 1. The topological polar surface area (TPSA) is 29.5 Å². The van der Waals surface area contributed by atoms with Crippen LogP contribution in [-0.2, 0) is 6.42 Å². The molecule has 1 aromatic carbocycles. The first-order valence-corrected chi connectivity index (χ1v) is 10.4. The monoisotopic (exact) mass is 356 g/mol. The minimum Gasteiger partial charge on any atom is -0.508 e. The quantitative estimate of drug-likeness (QED) is 0.590. The van der Waals surface area contributed by atoms with Gasteiger partial charge in [-0.1, -0.05) is 101 Å². The molecular formula is C23H48O2. The molecule has 0 saturated heterocycles. The van der Waals surface area contributed by atoms with Crippen LogP contribution in [-0.4, -0.2) is 12.2 Å². The summed E-state index contributed by atoms with van der Waals surface area (Å²) >= 11 is 0. The highest BCUT2D eigenvalue weighted by atomic mass is 16.5. The van der Waals surface area contributed by atoms with Crippen molar-refractivity contribution in [3.05, 3.63) is 23.8 Å². The number of phenolic OH excluding ortho intramolecular Hbond substituents is 1. The molecule has 1 N–H and O–H groups in total. The molecule has 1 aromatic rings. The number of rotatable bonds is 3. The first-order chi connectivity index (χ1) is 12.1. The number of benzene rings is 1. The molecule has 2 nitrogen and oxygen atoms in total. The Morgan fingerprint density at radius 2 is 1.32 bits per heavy atom. The van der Waals surface area contributed by atoms with Crippen LogP contribution in [0.3, 0.4) is 0 Å². The molecule has 2 rings (SSSR count). The Kier molecular flexibility index (Phi) is 34.9. The van der Waals surface area contributed by atoms with Crippen LogP contribution < -0.4 is 4.74 Å². The van der Waals surface area contributed by atoms with Crippen molar-refractivity contribution in [3.63, 3.8) is 0 Å². The van der Waals surface area contributed by atoms with Gasteiger partial charge in [-0.25, -0.2) is 0 Å². The zero-order valence-electron chi connectivity index (χ0n) is 19.2. The van der Waals surface area contributed by atoms with Crippen molar-refractivity contribution in [2.45, 2.75) is 101 Å². The fourth-order valence-corrected chi connectivity index (χ4v) is 1.19. The van der Waals surface area contributed by atoms with Gasteiger partial charge in [-0.3, -0.25) is 0 Å². The second-order valence-corrected chi connectivity index (χ2v) is 5.03. The van der Waals surface area contributed by atoms with E-state index in [1.807, 2.05) is 47.6 Å². The van der Waals surface area contributed by atoms with E-state index >= 15 is 0 Å². The largest absolute Gasteiger partial charge is 0.508 e. The van der Waals surface area contributed by atoms with Gasteiger partial charge in [0.25, 0.3) is 0 Å². The van der Waals surface area contributed by atoms with Crippen molar-refractivity contribution < 1.29 is 9.84 Å². The molecule has 0 amide bonds. The van der Waals surface area contributed by atoms with Crippen molar-refractivity contribution in [3.8, 4) is 11.5 Å². The van der Waals surface area contributed by atoms with Crippen molar-refractivity contribution in [2.24, 2.45) is 5.92 Å². The van der Waals surface area contributed by atoms with E-state index in [9.17, 15) is 0 Å². The molecule has 152 valence electrons. The molecule has 1 saturated carbocycles. The first kappa shape index (κ1) is 31.6. The lowest BCUT2D eigenvalue weighted by molar-refractivity contribution is 0.403. The van der Waals surface area contributed by atoms with Gasteiger partial charge in [-0.2, -0.15) is 0 Å². The number of aryl methyl sites for hydroxylation is 1. The molecule has 0 bridgehead atoms. The Morgan fingerprint density at radius 3 is 1.56 bits per heavy atom. The summed E-state index contributed by atoms with van der Waals surface area (Å²) in [5.74, 6) is 2.09. The highest BCUT2D eigenvalue weighted by Gasteiger charge is 2.12. The summed E-state index contributed by atoms with van der Waals surface area (Å²) in [4.78, 5) is 0. The second kappa shape index (κ2) is 27.7. The third kappa shape index (κ3) is 25.2. The number of unbranched alkanes of at least 4 members (excludes halogenated alkanes) is 1. The van der Waals surface area contributed by atoms with E-state index in [4.69, 9.17) is 9.84 Å². The predicted octanol–water partition coefficient (Wildman–Crippen LogP) is 8.26. The Labute approximate surface area is 160 Å². The van der Waals surface area contributed by atoms with Gasteiger partial charge in [0.15, 0.2) is 0 Å². The number of hydrogen-bond donors (Lipinski definition) is 1. The zero-order chi connectivity index (χ0) is 20.7. The first-order valence-electron chi connectivity index (χ1n) is 10.4. The maximum atomic E-state index is 9.08. The predicted molar refractivity (Wildman–Crippen MR) is 117 cm³/mol. The molecule has 0 aromatic heterocycles. The summed E-state index contributed by atoms with van der Waals surface area (Å²) < 4.78 is 5.06. The lowest BCUT2D eigenvalue weighted by Crippen LogP contribution is -1.88. The maximum absolute atomic E-state index is 9.08. The summed E-state index contributed by atoms with van der Waals surface area (Å²) in [7, 11) is 1.61. The summed E-state index contributed by atoms with van der Waals surface area (Å²) in [5.41, 5.74) is 1.12. The van der Waals surface area contributed by atoms with Gasteiger partial charge in [-0.15, -0.1) is 0 Å². The van der Waals surface area contributed by atoms with Crippen LogP contribution in [0.25, 0.3) is 0 Å². The van der Waals surface area contributed by atoms with Crippen LogP contribution in [0.1, 0.15) is 100 Å². The van der Waals surface area contributed by atoms with Crippen LogP contribution >= 0.6 is 0 Å². The van der Waals surface area contributed by atoms with Gasteiger partial charge in [0.1, 0.15) is 11.5 Å². The Hall–Kier alpha value is -1.18. The zero-order valence-corrected chi connectivity index (χ0v) is 19.2. The SMILES string of the molecule is CC.CC.CC.CC1CC1.CCCC.CCc1ccc(O)cc1OC. The number of methoxy groups -OCH3 is 1. The molecule has 25 heavy (non-hydrogen) atoms. The second-order valence-electron chi connectivity index (χ2n) is 5.03. The Bertz CT molecular complexity index is 329. The number of aromatic hydroxyl groups is 1. The fraction of sp³-hybridized carbons (Fsp3) is 0.739. The summed E-state index contributed by atoms with van der Waals surface area (Å²) in [6.07, 6.45) is 6.53. The summed E-state index contributed by atoms with van der Waals surface area (Å²) in [6, 6.07) is 5.16. The van der Waals surface area contributed by atoms with Crippen LogP contribution in [0.5, 0.6) is 11.5 Å². The molecule has 2 heteroatoms. The number of phenols is 1. The molecular weight excluding hydrogens is 308 g/mol. The van der Waals surface area contributed by atoms with Gasteiger partial charge in [0, 0.05) is 6.07 Å². The van der Waals surface area contributed by atoms with Crippen LogP contribution in [0.4, 0.5) is 0 Å². The molecule has 0 aliphatic heterocycles. The lowest BCUT2D eigenvalue weighted by Gasteiger charge is -2.05. The molecule has 0 unspecified atom stereocenters. The molecule has 1 fully saturated rings. The van der Waals surface area contributed by atoms with Gasteiger partial charge in [0.2, 0.25) is 0 Å². The lowest BCUT2D eigenvalue weighted by atomic mass is 10.1. The smallest absolute Gasteiger partial charge is 0.125 e. The van der Waals surface area contributed by atoms with E-state index < -0.39 is 0 Å². The highest BCUT2D eigenvalue weighted by molar-refractivity contribution is 5.39. The van der Waals surface area contributed by atoms with Crippen molar-refractivity contribution >= 4 is 0 Å². The third-order valence-corrected chi connectivity index (χ3v) is 3.02. The van der Waals surface area contributed by atoms with Crippen LogP contribution in [0.2, 0.25) is 0 Å². The van der Waals surface area contributed by atoms with Crippen LogP contribution in [0, 0.1) is 5.92 Å². The van der Waals surface area contributed by atoms with Crippen molar-refractivity contribution in [1.82, 2.24) is 0 Å². The van der Waals surface area contributed by atoms with Crippen LogP contribution in [0.15, 0.2) is 18.2 Å². The molecule has 1 aliphatic carbocycles. The van der Waals surface area contributed by atoms with E-state index in [2.05, 4.69) is 27.7 Å². The molecule has 0 spiro atoms. The van der Waals surface area contributed by atoms with Crippen molar-refractivity contribution in [1.29, 1.82) is 0 Å². The normalized spacial score (nSPS) is 10.4. The molecule has 0 radical (unpaired) electrons. The third-order valence-electron chi connectivity index (χ3n) is 3.02. The van der Waals surface area contributed by atoms with Gasteiger partial charge in [0.05, 0.1) is 7.11 Å². The maximum Gasteiger partial charge on any atom is 0.125 e. The Balaban J connectivity index is -0.000000131. The average Bonchev–Trinajstić information content (AvgIpc) is 3.49. The van der Waals surface area contributed by atoms with Gasteiger partial charge < -0.3 is 9.84 Å². The summed E-state index contributed by atoms with van der Waals surface area (Å²) in [5, 5.41) is 9.08. The molecule has 0 atom stereocenters. The van der Waals surface area contributed by atoms with E-state index in [0.717, 1.165) is 23.7 Å². The Morgan fingerprint density at radius 1 is 0.920 bits per heavy atom. The van der Waals surface area contributed by atoms with E-state index in [1.165, 1.54) is 25.7 Å². The molecule has 1 aliphatic rings. The van der Waals surface area contributed by atoms with Crippen molar-refractivity contribution in [2.75, 3.05) is 7.11 Å². The average molecular weight is 357 g/mol. The fourth-order valence-electron chi connectivity index (χ4n) is 1.19. The van der Waals surface area contributed by atoms with E-state index in [0.29, 0.717) is 0 Å². The van der Waals surface area contributed by atoms with E-state index in [-0.39, 0.29) is 5.75 Å².